The Labute approximate surface area is 136 Å². The average Bonchev–Trinajstić information content (AvgIpc) is 2.90. The van der Waals surface area contributed by atoms with Crippen molar-refractivity contribution in [1.82, 2.24) is 4.90 Å². The summed E-state index contributed by atoms with van der Waals surface area (Å²) >= 11 is 1.24. The van der Waals surface area contributed by atoms with Crippen LogP contribution in [0.2, 0.25) is 0 Å². The lowest BCUT2D eigenvalue weighted by Crippen LogP contribution is -2.26. The fourth-order valence-electron chi connectivity index (χ4n) is 2.10. The van der Waals surface area contributed by atoms with Crippen LogP contribution in [-0.4, -0.2) is 41.6 Å². The largest absolute Gasteiger partial charge is 0.458 e. The van der Waals surface area contributed by atoms with Crippen molar-refractivity contribution in [1.29, 1.82) is 0 Å². The minimum absolute atomic E-state index is 0.0135. The van der Waals surface area contributed by atoms with Gasteiger partial charge in [0.1, 0.15) is 11.9 Å². The highest BCUT2D eigenvalue weighted by Crippen LogP contribution is 2.22. The van der Waals surface area contributed by atoms with Crippen molar-refractivity contribution in [2.75, 3.05) is 18.8 Å². The molecule has 8 heteroatoms. The van der Waals surface area contributed by atoms with Crippen LogP contribution in [0.1, 0.15) is 25.0 Å². The number of ether oxygens (including phenoxy) is 2. The summed E-state index contributed by atoms with van der Waals surface area (Å²) < 4.78 is 33.7. The molecule has 0 radical (unpaired) electrons. The van der Waals surface area contributed by atoms with Gasteiger partial charge in [0, 0.05) is 18.8 Å². The second-order valence-corrected chi connectivity index (χ2v) is 5.98. The average molecular weight is 345 g/mol. The van der Waals surface area contributed by atoms with E-state index >= 15 is 0 Å². The number of amides is 1. The summed E-state index contributed by atoms with van der Waals surface area (Å²) in [5.41, 5.74) is 0.674. The van der Waals surface area contributed by atoms with Crippen molar-refractivity contribution in [3.63, 3.8) is 0 Å². The van der Waals surface area contributed by atoms with Crippen LogP contribution in [0.25, 0.3) is 0 Å². The molecule has 1 aliphatic rings. The molecule has 1 aromatic carbocycles. The van der Waals surface area contributed by atoms with Crippen LogP contribution < -0.4 is 4.74 Å². The fraction of sp³-hybridized carbons (Fsp3) is 0.467. The van der Waals surface area contributed by atoms with E-state index in [1.807, 2.05) is 0 Å². The molecule has 5 nitrogen and oxygen atoms in total. The van der Waals surface area contributed by atoms with Gasteiger partial charge < -0.3 is 14.4 Å². The van der Waals surface area contributed by atoms with E-state index in [-0.39, 0.29) is 17.4 Å². The first kappa shape index (κ1) is 17.5. The monoisotopic (exact) mass is 345 g/mol. The maximum Gasteiger partial charge on any atom is 0.387 e. The Hall–Kier alpha value is -1.83. The summed E-state index contributed by atoms with van der Waals surface area (Å²) in [7, 11) is 0. The van der Waals surface area contributed by atoms with Crippen LogP contribution in [0.3, 0.4) is 0 Å². The van der Waals surface area contributed by atoms with Crippen molar-refractivity contribution < 1.29 is 27.8 Å². The van der Waals surface area contributed by atoms with Crippen molar-refractivity contribution >= 4 is 23.0 Å². The Balaban J connectivity index is 1.79. The van der Waals surface area contributed by atoms with Gasteiger partial charge in [-0.3, -0.25) is 9.59 Å². The van der Waals surface area contributed by atoms with Crippen molar-refractivity contribution in [2.24, 2.45) is 0 Å². The number of alkyl halides is 2. The van der Waals surface area contributed by atoms with Crippen LogP contribution in [0, 0.1) is 0 Å². The number of nitrogens with zero attached hydrogens (tertiary/aromatic N) is 1. The molecule has 1 amide bonds. The van der Waals surface area contributed by atoms with E-state index in [0.717, 1.165) is 5.75 Å². The number of thioether (sulfide) groups is 1. The van der Waals surface area contributed by atoms with Crippen LogP contribution in [0.5, 0.6) is 5.75 Å². The molecule has 2 rings (SSSR count). The molecule has 1 atom stereocenters. The normalized spacial score (nSPS) is 15.8. The quantitative estimate of drug-likeness (QED) is 0.709. The maximum atomic E-state index is 12.1. The molecule has 0 unspecified atom stereocenters. The molecule has 0 saturated carbocycles. The first-order valence-electron chi connectivity index (χ1n) is 7.11. The van der Waals surface area contributed by atoms with Crippen LogP contribution in [0.15, 0.2) is 24.3 Å². The third-order valence-corrected chi connectivity index (χ3v) is 4.21. The second kappa shape index (κ2) is 8.14. The number of hydrogen-bond acceptors (Lipinski definition) is 5. The van der Waals surface area contributed by atoms with E-state index in [2.05, 4.69) is 4.74 Å². The maximum absolute atomic E-state index is 12.1. The van der Waals surface area contributed by atoms with E-state index in [0.29, 0.717) is 18.7 Å². The third kappa shape index (κ3) is 5.38. The molecule has 0 spiro atoms. The standard InChI is InChI=1S/C15H17F2NO4S/c1-10(11-2-4-12(5-3-11)22-14(16)17)21-13(19)6-7-18-8-9-23-15(18)20/h2-5,10,14H,6-9H2,1H3/t10-/m0/s1. The lowest BCUT2D eigenvalue weighted by atomic mass is 10.1. The molecule has 0 N–H and O–H groups in total. The lowest BCUT2D eigenvalue weighted by Gasteiger charge is -2.17. The molecule has 0 aliphatic carbocycles. The molecule has 23 heavy (non-hydrogen) atoms. The van der Waals surface area contributed by atoms with Gasteiger partial charge in [0.2, 0.25) is 0 Å². The molecule has 1 heterocycles. The van der Waals surface area contributed by atoms with E-state index in [1.54, 1.807) is 24.0 Å². The number of carbonyl (C=O) groups is 2. The fourth-order valence-corrected chi connectivity index (χ4v) is 2.95. The molecule has 1 aliphatic heterocycles. The second-order valence-electron chi connectivity index (χ2n) is 4.93. The summed E-state index contributed by atoms with van der Waals surface area (Å²) in [6.07, 6.45) is -0.379. The minimum Gasteiger partial charge on any atom is -0.458 e. The molecule has 0 aromatic heterocycles. The summed E-state index contributed by atoms with van der Waals surface area (Å²) in [4.78, 5) is 24.8. The van der Waals surface area contributed by atoms with Gasteiger partial charge in [0.05, 0.1) is 6.42 Å². The predicted octanol–water partition coefficient (Wildman–Crippen LogP) is 3.45. The topological polar surface area (TPSA) is 55.8 Å². The van der Waals surface area contributed by atoms with Gasteiger partial charge in [-0.05, 0) is 24.6 Å². The van der Waals surface area contributed by atoms with Gasteiger partial charge in [0.25, 0.3) is 5.24 Å². The molecule has 0 bridgehead atoms. The van der Waals surface area contributed by atoms with E-state index in [4.69, 9.17) is 4.74 Å². The Morgan fingerprint density at radius 3 is 2.61 bits per heavy atom. The van der Waals surface area contributed by atoms with E-state index < -0.39 is 18.7 Å². The van der Waals surface area contributed by atoms with Crippen LogP contribution in [0.4, 0.5) is 13.6 Å². The third-order valence-electron chi connectivity index (χ3n) is 3.31. The van der Waals surface area contributed by atoms with E-state index in [9.17, 15) is 18.4 Å². The zero-order valence-corrected chi connectivity index (χ0v) is 13.4. The molecule has 126 valence electrons. The number of benzene rings is 1. The van der Waals surface area contributed by atoms with Gasteiger partial charge >= 0.3 is 12.6 Å². The first-order valence-corrected chi connectivity index (χ1v) is 8.10. The highest BCUT2D eigenvalue weighted by atomic mass is 32.2. The van der Waals surface area contributed by atoms with Gasteiger partial charge in [-0.2, -0.15) is 8.78 Å². The van der Waals surface area contributed by atoms with Crippen LogP contribution in [-0.2, 0) is 9.53 Å². The zero-order valence-electron chi connectivity index (χ0n) is 12.5. The van der Waals surface area contributed by atoms with Gasteiger partial charge in [-0.15, -0.1) is 0 Å². The number of halogens is 2. The lowest BCUT2D eigenvalue weighted by molar-refractivity contribution is -0.148. The summed E-state index contributed by atoms with van der Waals surface area (Å²) in [5.74, 6) is 0.388. The Morgan fingerprint density at radius 2 is 2.04 bits per heavy atom. The van der Waals surface area contributed by atoms with Crippen molar-refractivity contribution in [3.05, 3.63) is 29.8 Å². The molecule has 1 fully saturated rings. The molecule has 1 saturated heterocycles. The van der Waals surface area contributed by atoms with E-state index in [1.165, 1.54) is 23.9 Å². The van der Waals surface area contributed by atoms with Crippen LogP contribution >= 0.6 is 11.8 Å². The van der Waals surface area contributed by atoms with Gasteiger partial charge in [0.15, 0.2) is 0 Å². The molecular weight excluding hydrogens is 328 g/mol. The summed E-state index contributed by atoms with van der Waals surface area (Å²) in [6, 6.07) is 5.92. The smallest absolute Gasteiger partial charge is 0.387 e. The van der Waals surface area contributed by atoms with Crippen molar-refractivity contribution in [2.45, 2.75) is 26.1 Å². The van der Waals surface area contributed by atoms with Gasteiger partial charge in [-0.1, -0.05) is 23.9 Å². The number of hydrogen-bond donors (Lipinski definition) is 0. The van der Waals surface area contributed by atoms with Crippen molar-refractivity contribution in [3.8, 4) is 5.75 Å². The number of carbonyl (C=O) groups excluding carboxylic acids is 2. The highest BCUT2D eigenvalue weighted by Gasteiger charge is 2.22. The summed E-state index contributed by atoms with van der Waals surface area (Å²) in [5, 5.41) is -0.0135. The predicted molar refractivity (Wildman–Crippen MR) is 81.6 cm³/mol. The number of rotatable bonds is 7. The highest BCUT2D eigenvalue weighted by molar-refractivity contribution is 8.13. The first-order chi connectivity index (χ1) is 11.0. The SMILES string of the molecule is C[C@H](OC(=O)CCN1CCSC1=O)c1ccc(OC(F)F)cc1. The zero-order chi connectivity index (χ0) is 16.8. The van der Waals surface area contributed by atoms with Gasteiger partial charge in [-0.25, -0.2) is 0 Å². The summed E-state index contributed by atoms with van der Waals surface area (Å²) in [6.45, 7) is -0.184. The Bertz CT molecular complexity index is 553. The minimum atomic E-state index is -2.87. The molecule has 1 aromatic rings. The number of esters is 1. The molecular formula is C15H17F2NO4S. The Morgan fingerprint density at radius 1 is 1.35 bits per heavy atom. The Kier molecular flexibility index (Phi) is 6.20.